The van der Waals surface area contributed by atoms with Crippen molar-refractivity contribution in [1.29, 1.82) is 0 Å². The van der Waals surface area contributed by atoms with Crippen molar-refractivity contribution in [3.63, 3.8) is 0 Å². The third-order valence-corrected chi connectivity index (χ3v) is 5.70. The van der Waals surface area contributed by atoms with Crippen LogP contribution in [0.4, 0.5) is 4.79 Å². The minimum absolute atomic E-state index is 0.105. The van der Waals surface area contributed by atoms with Gasteiger partial charge in [-0.15, -0.1) is 0 Å². The lowest BCUT2D eigenvalue weighted by Gasteiger charge is -2.35. The average molecular weight is 417 g/mol. The van der Waals surface area contributed by atoms with E-state index in [4.69, 9.17) is 9.51 Å². The quantitative estimate of drug-likeness (QED) is 0.575. The second kappa shape index (κ2) is 8.76. The van der Waals surface area contributed by atoms with E-state index in [1.165, 1.54) is 5.56 Å². The van der Waals surface area contributed by atoms with Crippen molar-refractivity contribution in [2.24, 2.45) is 0 Å². The molecular formula is C25H28N4O2. The SMILES string of the molecule is CCCN1C(=O)NC(c2ccc(CC)cc2)C(c2nc(-c3cccc(C)c3)no2)=C1C. The van der Waals surface area contributed by atoms with E-state index in [2.05, 4.69) is 48.6 Å². The molecule has 1 aliphatic heterocycles. The van der Waals surface area contributed by atoms with Crippen LogP contribution in [0.3, 0.4) is 0 Å². The van der Waals surface area contributed by atoms with Crippen molar-refractivity contribution in [1.82, 2.24) is 20.4 Å². The van der Waals surface area contributed by atoms with E-state index < -0.39 is 0 Å². The van der Waals surface area contributed by atoms with Crippen molar-refractivity contribution in [2.75, 3.05) is 6.54 Å². The Morgan fingerprint density at radius 1 is 1.10 bits per heavy atom. The molecule has 3 aromatic rings. The highest BCUT2D eigenvalue weighted by atomic mass is 16.5. The molecule has 2 aromatic carbocycles. The smallest absolute Gasteiger partial charge is 0.322 e. The summed E-state index contributed by atoms with van der Waals surface area (Å²) in [6, 6.07) is 15.9. The molecule has 6 nitrogen and oxygen atoms in total. The topological polar surface area (TPSA) is 71.3 Å². The van der Waals surface area contributed by atoms with Crippen molar-refractivity contribution in [3.05, 3.63) is 76.8 Å². The maximum absolute atomic E-state index is 12.9. The average Bonchev–Trinajstić information content (AvgIpc) is 3.26. The lowest BCUT2D eigenvalue weighted by Crippen LogP contribution is -2.46. The number of carbonyl (C=O) groups excluding carboxylic acids is 1. The van der Waals surface area contributed by atoms with Crippen LogP contribution in [0.1, 0.15) is 55.8 Å². The van der Waals surface area contributed by atoms with Crippen molar-refractivity contribution < 1.29 is 9.32 Å². The first kappa shape index (κ1) is 20.8. The van der Waals surface area contributed by atoms with Gasteiger partial charge in [0, 0.05) is 17.8 Å². The van der Waals surface area contributed by atoms with Gasteiger partial charge in [0.2, 0.25) is 5.82 Å². The molecule has 4 rings (SSSR count). The van der Waals surface area contributed by atoms with Crippen LogP contribution in [0, 0.1) is 6.92 Å². The molecule has 0 bridgehead atoms. The van der Waals surface area contributed by atoms with Crippen LogP contribution in [0.2, 0.25) is 0 Å². The molecule has 1 N–H and O–H groups in total. The first-order valence-electron chi connectivity index (χ1n) is 10.8. The molecule has 0 spiro atoms. The summed E-state index contributed by atoms with van der Waals surface area (Å²) in [6.45, 7) is 8.79. The molecule has 31 heavy (non-hydrogen) atoms. The maximum atomic E-state index is 12.9. The highest BCUT2D eigenvalue weighted by Crippen LogP contribution is 2.37. The highest BCUT2D eigenvalue weighted by molar-refractivity contribution is 5.86. The van der Waals surface area contributed by atoms with Gasteiger partial charge in [-0.05, 0) is 43.9 Å². The van der Waals surface area contributed by atoms with E-state index in [0.717, 1.165) is 40.8 Å². The second-order valence-electron chi connectivity index (χ2n) is 7.92. The number of aryl methyl sites for hydroxylation is 2. The summed E-state index contributed by atoms with van der Waals surface area (Å²) >= 11 is 0. The predicted molar refractivity (Wildman–Crippen MR) is 121 cm³/mol. The number of hydrogen-bond donors (Lipinski definition) is 1. The van der Waals surface area contributed by atoms with Crippen LogP contribution >= 0.6 is 0 Å². The Bertz CT molecular complexity index is 1110. The fourth-order valence-electron chi connectivity index (χ4n) is 3.98. The van der Waals surface area contributed by atoms with Gasteiger partial charge < -0.3 is 9.84 Å². The monoisotopic (exact) mass is 416 g/mol. The van der Waals surface area contributed by atoms with E-state index in [0.29, 0.717) is 18.3 Å². The van der Waals surface area contributed by atoms with Gasteiger partial charge >= 0.3 is 6.03 Å². The number of rotatable bonds is 6. The van der Waals surface area contributed by atoms with Crippen LogP contribution in [0.5, 0.6) is 0 Å². The lowest BCUT2D eigenvalue weighted by atomic mass is 9.93. The molecule has 6 heteroatoms. The van der Waals surface area contributed by atoms with Gasteiger partial charge in [-0.3, -0.25) is 4.90 Å². The molecule has 2 amide bonds. The predicted octanol–water partition coefficient (Wildman–Crippen LogP) is 5.51. The molecule has 0 fully saturated rings. The van der Waals surface area contributed by atoms with Gasteiger partial charge in [-0.25, -0.2) is 4.79 Å². The fraction of sp³-hybridized carbons (Fsp3) is 0.320. The molecule has 2 heterocycles. The third kappa shape index (κ3) is 4.10. The maximum Gasteiger partial charge on any atom is 0.322 e. The first-order chi connectivity index (χ1) is 15.0. The van der Waals surface area contributed by atoms with Crippen LogP contribution in [-0.2, 0) is 6.42 Å². The number of nitrogens with zero attached hydrogens (tertiary/aromatic N) is 3. The van der Waals surface area contributed by atoms with Crippen molar-refractivity contribution >= 4 is 11.6 Å². The zero-order valence-corrected chi connectivity index (χ0v) is 18.5. The standard InChI is InChI=1S/C25H28N4O2/c1-5-14-29-17(4)21(22(26-25(29)30)19-12-10-18(6-2)11-13-19)24-27-23(28-31-24)20-9-7-8-16(3)15-20/h7-13,15,22H,5-6,14H2,1-4H3,(H,26,30). The molecule has 1 atom stereocenters. The Hall–Kier alpha value is -3.41. The van der Waals surface area contributed by atoms with Crippen LogP contribution < -0.4 is 5.32 Å². The van der Waals surface area contributed by atoms with Gasteiger partial charge in [0.05, 0.1) is 11.6 Å². The van der Waals surface area contributed by atoms with Crippen LogP contribution in [0.15, 0.2) is 58.8 Å². The zero-order valence-electron chi connectivity index (χ0n) is 18.5. The number of allylic oxidation sites excluding steroid dienone is 1. The number of benzene rings is 2. The van der Waals surface area contributed by atoms with Gasteiger partial charge in [0.15, 0.2) is 0 Å². The van der Waals surface area contributed by atoms with Gasteiger partial charge in [0.25, 0.3) is 5.89 Å². The summed E-state index contributed by atoms with van der Waals surface area (Å²) in [4.78, 5) is 19.3. The van der Waals surface area contributed by atoms with Gasteiger partial charge in [0.1, 0.15) is 0 Å². The molecule has 0 saturated heterocycles. The Morgan fingerprint density at radius 3 is 2.55 bits per heavy atom. The molecular weight excluding hydrogens is 388 g/mol. The Labute approximate surface area is 183 Å². The fourth-order valence-corrected chi connectivity index (χ4v) is 3.98. The Morgan fingerprint density at radius 2 is 1.87 bits per heavy atom. The molecule has 0 aliphatic carbocycles. The lowest BCUT2D eigenvalue weighted by molar-refractivity contribution is 0.205. The van der Waals surface area contributed by atoms with E-state index in [1.54, 1.807) is 4.90 Å². The molecule has 160 valence electrons. The minimum atomic E-state index is -0.350. The van der Waals surface area contributed by atoms with Crippen LogP contribution in [0.25, 0.3) is 17.0 Å². The van der Waals surface area contributed by atoms with Crippen molar-refractivity contribution in [3.8, 4) is 11.4 Å². The minimum Gasteiger partial charge on any atom is -0.334 e. The second-order valence-corrected chi connectivity index (χ2v) is 7.92. The van der Waals surface area contributed by atoms with E-state index in [9.17, 15) is 4.79 Å². The zero-order chi connectivity index (χ0) is 22.0. The number of carbonyl (C=O) groups is 1. The first-order valence-corrected chi connectivity index (χ1v) is 10.8. The molecule has 0 radical (unpaired) electrons. The Kier molecular flexibility index (Phi) is 5.89. The van der Waals surface area contributed by atoms with Gasteiger partial charge in [-0.1, -0.05) is 67.0 Å². The van der Waals surface area contributed by atoms with Crippen molar-refractivity contribution in [2.45, 2.75) is 46.6 Å². The summed E-state index contributed by atoms with van der Waals surface area (Å²) in [6.07, 6.45) is 1.82. The summed E-state index contributed by atoms with van der Waals surface area (Å²) in [5.74, 6) is 0.970. The number of aromatic nitrogens is 2. The third-order valence-electron chi connectivity index (χ3n) is 5.70. The largest absolute Gasteiger partial charge is 0.334 e. The number of urea groups is 1. The van der Waals surface area contributed by atoms with E-state index >= 15 is 0 Å². The number of hydrogen-bond acceptors (Lipinski definition) is 4. The summed E-state index contributed by atoms with van der Waals surface area (Å²) in [5.41, 5.74) is 5.96. The summed E-state index contributed by atoms with van der Waals surface area (Å²) < 4.78 is 5.73. The number of nitrogens with one attached hydrogen (secondary N) is 1. The summed E-state index contributed by atoms with van der Waals surface area (Å²) in [5, 5.41) is 7.37. The number of amides is 2. The summed E-state index contributed by atoms with van der Waals surface area (Å²) in [7, 11) is 0. The van der Waals surface area contributed by atoms with E-state index in [1.807, 2.05) is 38.1 Å². The molecule has 1 aromatic heterocycles. The molecule has 1 aliphatic rings. The molecule has 1 unspecified atom stereocenters. The molecule has 0 saturated carbocycles. The normalized spacial score (nSPS) is 16.6. The van der Waals surface area contributed by atoms with Crippen LogP contribution in [-0.4, -0.2) is 27.6 Å². The highest BCUT2D eigenvalue weighted by Gasteiger charge is 2.35. The van der Waals surface area contributed by atoms with Gasteiger partial charge in [-0.2, -0.15) is 4.98 Å². The Balaban J connectivity index is 1.80. The van der Waals surface area contributed by atoms with E-state index in [-0.39, 0.29) is 12.1 Å².